The van der Waals surface area contributed by atoms with Crippen molar-refractivity contribution < 1.29 is 26.3 Å². The van der Waals surface area contributed by atoms with Crippen LogP contribution in [0.3, 0.4) is 0 Å². The Morgan fingerprint density at radius 1 is 1.29 bits per heavy atom. The summed E-state index contributed by atoms with van der Waals surface area (Å²) < 4.78 is 69.7. The maximum atomic E-state index is 13.1. The second kappa shape index (κ2) is 8.80. The largest absolute Gasteiger partial charge is 0.495 e. The van der Waals surface area contributed by atoms with Crippen molar-refractivity contribution in [3.63, 3.8) is 0 Å². The van der Waals surface area contributed by atoms with Crippen LogP contribution in [0.15, 0.2) is 45.9 Å². The average Bonchev–Trinajstić information content (AvgIpc) is 3.02. The van der Waals surface area contributed by atoms with Gasteiger partial charge < -0.3 is 14.5 Å². The molecule has 0 radical (unpaired) electrons. The molecule has 0 spiro atoms. The molecule has 2 aromatic heterocycles. The number of imidazole rings is 1. The van der Waals surface area contributed by atoms with Crippen molar-refractivity contribution in [3.8, 4) is 17.6 Å². The van der Waals surface area contributed by atoms with E-state index in [-0.39, 0.29) is 22.8 Å². The van der Waals surface area contributed by atoms with Gasteiger partial charge in [-0.1, -0.05) is 5.92 Å². The molecule has 0 aliphatic heterocycles. The molecular weight excluding hydrogens is 499 g/mol. The Hall–Kier alpha value is -2.71. The van der Waals surface area contributed by atoms with Crippen LogP contribution in [0.4, 0.5) is 18.9 Å². The Morgan fingerprint density at radius 3 is 2.68 bits per heavy atom. The third-order valence-corrected chi connectivity index (χ3v) is 5.97. The molecule has 3 rings (SSSR count). The fraction of sp³-hybridized carbons (Fsp3) is 0.250. The van der Waals surface area contributed by atoms with E-state index < -0.39 is 22.4 Å². The standard InChI is InChI=1S/C20H17BrF3N3O3S/c1-30-18-11-13(31(2,28)29)7-8-16(18)25-9-3-6-15-17(12-20(22,23)24)27-10-4-5-14(21)19(27)26-15/h4-5,7-8,10-11,25H,9,12H2,1-2H3. The van der Waals surface area contributed by atoms with Gasteiger partial charge in [0, 0.05) is 18.5 Å². The van der Waals surface area contributed by atoms with Gasteiger partial charge in [-0.15, -0.1) is 0 Å². The van der Waals surface area contributed by atoms with Crippen LogP contribution in [0.25, 0.3) is 5.65 Å². The van der Waals surface area contributed by atoms with Crippen LogP contribution in [0.1, 0.15) is 11.4 Å². The molecule has 31 heavy (non-hydrogen) atoms. The monoisotopic (exact) mass is 515 g/mol. The number of hydrogen-bond donors (Lipinski definition) is 1. The number of alkyl halides is 3. The molecule has 0 bridgehead atoms. The second-order valence-electron chi connectivity index (χ2n) is 6.54. The fourth-order valence-corrected chi connectivity index (χ4v) is 3.93. The maximum Gasteiger partial charge on any atom is 0.394 e. The first-order valence-corrected chi connectivity index (χ1v) is 11.5. The number of nitrogens with one attached hydrogen (secondary N) is 1. The Labute approximate surface area is 185 Å². The topological polar surface area (TPSA) is 72.7 Å². The van der Waals surface area contributed by atoms with E-state index in [4.69, 9.17) is 4.74 Å². The Morgan fingerprint density at radius 2 is 2.03 bits per heavy atom. The third kappa shape index (κ3) is 5.51. The summed E-state index contributed by atoms with van der Waals surface area (Å²) in [4.78, 5) is 4.34. The Bertz CT molecular complexity index is 1290. The molecule has 1 N–H and O–H groups in total. The van der Waals surface area contributed by atoms with Crippen molar-refractivity contribution >= 4 is 37.1 Å². The van der Waals surface area contributed by atoms with E-state index in [0.717, 1.165) is 6.26 Å². The molecule has 164 valence electrons. The van der Waals surface area contributed by atoms with Gasteiger partial charge in [0.05, 0.1) is 40.8 Å². The lowest BCUT2D eigenvalue weighted by atomic mass is 10.2. The number of benzene rings is 1. The van der Waals surface area contributed by atoms with Crippen LogP contribution in [-0.4, -0.2) is 43.9 Å². The minimum absolute atomic E-state index is 0.0328. The summed E-state index contributed by atoms with van der Waals surface area (Å²) in [5.41, 5.74) is 0.825. The van der Waals surface area contributed by atoms with Crippen molar-refractivity contribution in [2.24, 2.45) is 0 Å². The lowest BCUT2D eigenvalue weighted by molar-refractivity contribution is -0.128. The van der Waals surface area contributed by atoms with E-state index in [1.54, 1.807) is 12.1 Å². The van der Waals surface area contributed by atoms with Crippen molar-refractivity contribution in [1.82, 2.24) is 9.38 Å². The minimum atomic E-state index is -4.41. The number of aromatic nitrogens is 2. The number of rotatable bonds is 5. The Kier molecular flexibility index (Phi) is 6.52. The van der Waals surface area contributed by atoms with E-state index in [1.807, 2.05) is 0 Å². The van der Waals surface area contributed by atoms with Crippen molar-refractivity contribution in [2.45, 2.75) is 17.5 Å². The first-order chi connectivity index (χ1) is 14.5. The van der Waals surface area contributed by atoms with Gasteiger partial charge in [0.15, 0.2) is 15.5 Å². The molecule has 2 heterocycles. The van der Waals surface area contributed by atoms with Crippen molar-refractivity contribution in [1.29, 1.82) is 0 Å². The predicted octanol–water partition coefficient (Wildman–Crippen LogP) is 4.08. The molecular formula is C20H17BrF3N3O3S. The lowest BCUT2D eigenvalue weighted by Crippen LogP contribution is -2.14. The van der Waals surface area contributed by atoms with Crippen molar-refractivity contribution in [3.05, 3.63) is 52.4 Å². The number of fused-ring (bicyclic) bond motifs is 1. The van der Waals surface area contributed by atoms with E-state index in [0.29, 0.717) is 21.6 Å². The molecule has 1 aromatic carbocycles. The Balaban J connectivity index is 1.86. The number of ether oxygens (including phenoxy) is 1. The minimum Gasteiger partial charge on any atom is -0.495 e. The van der Waals surface area contributed by atoms with Gasteiger partial charge in [-0.25, -0.2) is 13.4 Å². The molecule has 0 saturated heterocycles. The fourth-order valence-electron chi connectivity index (χ4n) is 2.86. The molecule has 6 nitrogen and oxygen atoms in total. The van der Waals surface area contributed by atoms with E-state index in [1.165, 1.54) is 35.9 Å². The van der Waals surface area contributed by atoms with Crippen LogP contribution in [0, 0.1) is 11.8 Å². The first-order valence-electron chi connectivity index (χ1n) is 8.82. The predicted molar refractivity (Wildman–Crippen MR) is 114 cm³/mol. The van der Waals surface area contributed by atoms with Gasteiger partial charge in [-0.2, -0.15) is 13.2 Å². The van der Waals surface area contributed by atoms with Crippen LogP contribution in [0.2, 0.25) is 0 Å². The molecule has 3 aromatic rings. The SMILES string of the molecule is COc1cc(S(C)(=O)=O)ccc1NCC#Cc1nc2c(Br)cccn2c1CC(F)(F)F. The normalized spacial score (nSPS) is 11.8. The molecule has 0 amide bonds. The molecule has 0 saturated carbocycles. The highest BCUT2D eigenvalue weighted by molar-refractivity contribution is 9.10. The highest BCUT2D eigenvalue weighted by atomic mass is 79.9. The molecule has 0 unspecified atom stereocenters. The summed E-state index contributed by atoms with van der Waals surface area (Å²) >= 11 is 3.29. The smallest absolute Gasteiger partial charge is 0.394 e. The first kappa shape index (κ1) is 23.0. The van der Waals surface area contributed by atoms with Gasteiger partial charge in [-0.3, -0.25) is 0 Å². The van der Waals surface area contributed by atoms with Gasteiger partial charge in [-0.05, 0) is 46.1 Å². The number of sulfone groups is 1. The lowest BCUT2D eigenvalue weighted by Gasteiger charge is -2.10. The molecule has 11 heteroatoms. The third-order valence-electron chi connectivity index (χ3n) is 4.24. The number of anilines is 1. The van der Waals surface area contributed by atoms with E-state index in [9.17, 15) is 21.6 Å². The molecule has 0 atom stereocenters. The van der Waals surface area contributed by atoms with Crippen LogP contribution in [0.5, 0.6) is 5.75 Å². The summed E-state index contributed by atoms with van der Waals surface area (Å²) in [6, 6.07) is 7.64. The van der Waals surface area contributed by atoms with Gasteiger partial charge in [0.2, 0.25) is 0 Å². The second-order valence-corrected chi connectivity index (χ2v) is 9.41. The summed E-state index contributed by atoms with van der Waals surface area (Å²) in [5.74, 6) is 5.76. The van der Waals surface area contributed by atoms with E-state index in [2.05, 4.69) is 38.1 Å². The van der Waals surface area contributed by atoms with Crippen LogP contribution >= 0.6 is 15.9 Å². The average molecular weight is 516 g/mol. The van der Waals surface area contributed by atoms with Gasteiger partial charge >= 0.3 is 6.18 Å². The number of nitrogens with zero attached hydrogens (tertiary/aromatic N) is 2. The number of pyridine rings is 1. The zero-order valence-electron chi connectivity index (χ0n) is 16.4. The molecule has 0 aliphatic carbocycles. The number of hydrogen-bond acceptors (Lipinski definition) is 5. The van der Waals surface area contributed by atoms with E-state index >= 15 is 0 Å². The summed E-state index contributed by atoms with van der Waals surface area (Å²) in [5, 5.41) is 2.97. The zero-order valence-corrected chi connectivity index (χ0v) is 18.8. The van der Waals surface area contributed by atoms with Gasteiger partial charge in [0.1, 0.15) is 11.4 Å². The summed E-state index contributed by atoms with van der Waals surface area (Å²) in [7, 11) is -1.99. The molecule has 0 aliphatic rings. The summed E-state index contributed by atoms with van der Waals surface area (Å²) in [6.07, 6.45) is -2.98. The number of methoxy groups -OCH3 is 1. The van der Waals surface area contributed by atoms with Crippen molar-refractivity contribution in [2.75, 3.05) is 25.2 Å². The quantitative estimate of drug-likeness (QED) is 0.518. The van der Waals surface area contributed by atoms with Crippen LogP contribution < -0.4 is 10.1 Å². The maximum absolute atomic E-state index is 13.1. The van der Waals surface area contributed by atoms with Crippen LogP contribution in [-0.2, 0) is 16.3 Å². The number of halogens is 4. The highest BCUT2D eigenvalue weighted by Gasteiger charge is 2.31. The van der Waals surface area contributed by atoms with Gasteiger partial charge in [0.25, 0.3) is 0 Å². The zero-order chi connectivity index (χ0) is 22.8. The summed E-state index contributed by atoms with van der Waals surface area (Å²) in [6.45, 7) is 0.0785. The molecule has 0 fully saturated rings. The highest BCUT2D eigenvalue weighted by Crippen LogP contribution is 2.28.